The second-order valence-corrected chi connectivity index (χ2v) is 9.29. The van der Waals surface area contributed by atoms with Gasteiger partial charge in [0.25, 0.3) is 0 Å². The highest BCUT2D eigenvalue weighted by Gasteiger charge is 2.27. The van der Waals surface area contributed by atoms with E-state index < -0.39 is 0 Å². The summed E-state index contributed by atoms with van der Waals surface area (Å²) in [5.74, 6) is 0. The third-order valence-electron chi connectivity index (χ3n) is 5.00. The molecule has 0 N–H and O–H groups in total. The number of rotatable bonds is 4. The summed E-state index contributed by atoms with van der Waals surface area (Å²) >= 11 is 3.77. The molecule has 0 aliphatic carbocycles. The molecule has 30 heavy (non-hydrogen) atoms. The molecule has 0 radical (unpaired) electrons. The van der Waals surface area contributed by atoms with Gasteiger partial charge in [-0.3, -0.25) is 0 Å². The largest absolute Gasteiger partial charge is 0.0802 e. The first kappa shape index (κ1) is 19.0. The summed E-state index contributed by atoms with van der Waals surface area (Å²) in [5, 5.41) is 0. The summed E-state index contributed by atoms with van der Waals surface area (Å²) in [6.07, 6.45) is 0. The Kier molecular flexibility index (Phi) is 5.60. The SMILES string of the molecule is c1ccc(C2=C(c3ccccc3)SC(=C(c3ccccc3)c3ccccc3)S2)cc1. The maximum atomic E-state index is 2.21. The molecule has 0 atom stereocenters. The summed E-state index contributed by atoms with van der Waals surface area (Å²) in [4.78, 5) is 2.65. The third-order valence-corrected chi connectivity index (χ3v) is 7.69. The zero-order valence-electron chi connectivity index (χ0n) is 16.4. The molecule has 0 saturated carbocycles. The van der Waals surface area contributed by atoms with Crippen LogP contribution in [0.1, 0.15) is 22.3 Å². The van der Waals surface area contributed by atoms with Crippen molar-refractivity contribution in [3.8, 4) is 0 Å². The van der Waals surface area contributed by atoms with Gasteiger partial charge in [-0.1, -0.05) is 145 Å². The van der Waals surface area contributed by atoms with Crippen molar-refractivity contribution < 1.29 is 0 Å². The summed E-state index contributed by atoms with van der Waals surface area (Å²) in [5.41, 5.74) is 6.33. The van der Waals surface area contributed by atoms with Crippen LogP contribution in [0.15, 0.2) is 126 Å². The van der Waals surface area contributed by atoms with Gasteiger partial charge in [-0.05, 0) is 22.3 Å². The van der Waals surface area contributed by atoms with E-state index >= 15 is 0 Å². The minimum atomic E-state index is 1.25. The Bertz CT molecular complexity index is 1100. The lowest BCUT2D eigenvalue weighted by molar-refractivity contribution is 1.55. The predicted molar refractivity (Wildman–Crippen MR) is 134 cm³/mol. The van der Waals surface area contributed by atoms with Gasteiger partial charge >= 0.3 is 0 Å². The Balaban J connectivity index is 1.69. The van der Waals surface area contributed by atoms with Gasteiger partial charge in [0.2, 0.25) is 0 Å². The molecule has 1 aliphatic rings. The lowest BCUT2D eigenvalue weighted by atomic mass is 10.00. The van der Waals surface area contributed by atoms with Gasteiger partial charge in [0, 0.05) is 15.4 Å². The highest BCUT2D eigenvalue weighted by molar-refractivity contribution is 8.34. The van der Waals surface area contributed by atoms with E-state index in [4.69, 9.17) is 0 Å². The average Bonchev–Trinajstić information content (AvgIpc) is 3.27. The monoisotopic (exact) mass is 420 g/mol. The second kappa shape index (κ2) is 8.83. The van der Waals surface area contributed by atoms with Gasteiger partial charge in [0.15, 0.2) is 0 Å². The molecule has 0 unspecified atom stereocenters. The molecule has 4 aromatic carbocycles. The minimum absolute atomic E-state index is 1.25. The normalized spacial score (nSPS) is 13.5. The molecular formula is C28H20S2. The Labute approximate surface area is 186 Å². The van der Waals surface area contributed by atoms with Crippen LogP contribution < -0.4 is 0 Å². The van der Waals surface area contributed by atoms with Crippen molar-refractivity contribution in [1.29, 1.82) is 0 Å². The zero-order chi connectivity index (χ0) is 20.2. The Morgan fingerprint density at radius 1 is 0.400 bits per heavy atom. The van der Waals surface area contributed by atoms with Crippen molar-refractivity contribution >= 4 is 38.9 Å². The van der Waals surface area contributed by atoms with Crippen LogP contribution in [0.2, 0.25) is 0 Å². The average molecular weight is 421 g/mol. The van der Waals surface area contributed by atoms with Gasteiger partial charge in [-0.2, -0.15) is 0 Å². The maximum Gasteiger partial charge on any atom is 0.0584 e. The molecule has 0 bridgehead atoms. The molecule has 4 aromatic rings. The number of benzene rings is 4. The fourth-order valence-electron chi connectivity index (χ4n) is 3.57. The molecule has 0 spiro atoms. The van der Waals surface area contributed by atoms with Crippen molar-refractivity contribution in [2.75, 3.05) is 0 Å². The van der Waals surface area contributed by atoms with Crippen LogP contribution in [-0.4, -0.2) is 0 Å². The molecule has 1 aliphatic heterocycles. The van der Waals surface area contributed by atoms with Gasteiger partial charge in [0.05, 0.1) is 4.24 Å². The van der Waals surface area contributed by atoms with E-state index in [1.165, 1.54) is 41.9 Å². The first-order valence-electron chi connectivity index (χ1n) is 9.96. The molecule has 144 valence electrons. The molecule has 0 aromatic heterocycles. The minimum Gasteiger partial charge on any atom is -0.0802 e. The van der Waals surface area contributed by atoms with Crippen molar-refractivity contribution in [2.24, 2.45) is 0 Å². The predicted octanol–water partition coefficient (Wildman–Crippen LogP) is 8.41. The van der Waals surface area contributed by atoms with E-state index in [1.54, 1.807) is 0 Å². The quantitative estimate of drug-likeness (QED) is 0.325. The summed E-state index contributed by atoms with van der Waals surface area (Å²) in [6.45, 7) is 0. The first-order valence-corrected chi connectivity index (χ1v) is 11.6. The molecule has 2 heteroatoms. The molecular weight excluding hydrogens is 400 g/mol. The Morgan fingerprint density at radius 3 is 1.10 bits per heavy atom. The van der Waals surface area contributed by atoms with Gasteiger partial charge in [0.1, 0.15) is 0 Å². The number of thioether (sulfide) groups is 2. The van der Waals surface area contributed by atoms with E-state index in [1.807, 2.05) is 23.5 Å². The lowest BCUT2D eigenvalue weighted by Crippen LogP contribution is -1.89. The van der Waals surface area contributed by atoms with Crippen molar-refractivity contribution in [3.63, 3.8) is 0 Å². The van der Waals surface area contributed by atoms with Crippen LogP contribution in [0.5, 0.6) is 0 Å². The second-order valence-electron chi connectivity index (χ2n) is 6.99. The van der Waals surface area contributed by atoms with Crippen LogP contribution in [0, 0.1) is 0 Å². The highest BCUT2D eigenvalue weighted by atomic mass is 32.2. The fourth-order valence-corrected chi connectivity index (χ4v) is 6.46. The van der Waals surface area contributed by atoms with Crippen LogP contribution in [0.25, 0.3) is 15.4 Å². The molecule has 1 heterocycles. The van der Waals surface area contributed by atoms with Gasteiger partial charge in [-0.25, -0.2) is 0 Å². The van der Waals surface area contributed by atoms with E-state index in [0.29, 0.717) is 0 Å². The fraction of sp³-hybridized carbons (Fsp3) is 0. The number of hydrogen-bond acceptors (Lipinski definition) is 2. The Morgan fingerprint density at radius 2 is 0.733 bits per heavy atom. The Hall–Kier alpha value is -2.94. The zero-order valence-corrected chi connectivity index (χ0v) is 18.0. The van der Waals surface area contributed by atoms with Gasteiger partial charge in [-0.15, -0.1) is 0 Å². The van der Waals surface area contributed by atoms with E-state index in [-0.39, 0.29) is 0 Å². The number of hydrogen-bond donors (Lipinski definition) is 0. The molecule has 0 fully saturated rings. The first-order chi connectivity index (χ1) is 14.9. The highest BCUT2D eigenvalue weighted by Crippen LogP contribution is 2.60. The molecule has 0 nitrogen and oxygen atoms in total. The molecule has 0 saturated heterocycles. The maximum absolute atomic E-state index is 2.21. The lowest BCUT2D eigenvalue weighted by Gasteiger charge is -2.12. The topological polar surface area (TPSA) is 0 Å². The van der Waals surface area contributed by atoms with Crippen LogP contribution in [-0.2, 0) is 0 Å². The van der Waals surface area contributed by atoms with E-state index in [2.05, 4.69) is 121 Å². The van der Waals surface area contributed by atoms with E-state index in [9.17, 15) is 0 Å². The third kappa shape index (κ3) is 3.89. The molecule has 5 rings (SSSR count). The smallest absolute Gasteiger partial charge is 0.0584 e. The standard InChI is InChI=1S/C28H20S2/c1-5-13-21(14-6-1)25(22-15-7-2-8-16-22)28-29-26(23-17-9-3-10-18-23)27(30-28)24-19-11-4-12-20-24/h1-20H. The van der Waals surface area contributed by atoms with Crippen molar-refractivity contribution in [3.05, 3.63) is 148 Å². The molecule has 0 amide bonds. The van der Waals surface area contributed by atoms with Crippen molar-refractivity contribution in [2.45, 2.75) is 0 Å². The van der Waals surface area contributed by atoms with Crippen molar-refractivity contribution in [1.82, 2.24) is 0 Å². The van der Waals surface area contributed by atoms with E-state index in [0.717, 1.165) is 0 Å². The summed E-state index contributed by atoms with van der Waals surface area (Å²) < 4.78 is 1.32. The summed E-state index contributed by atoms with van der Waals surface area (Å²) in [7, 11) is 0. The van der Waals surface area contributed by atoms with Crippen LogP contribution >= 0.6 is 23.5 Å². The van der Waals surface area contributed by atoms with Crippen LogP contribution in [0.3, 0.4) is 0 Å². The van der Waals surface area contributed by atoms with Gasteiger partial charge < -0.3 is 0 Å². The summed E-state index contributed by atoms with van der Waals surface area (Å²) in [6, 6.07) is 42.9. The van der Waals surface area contributed by atoms with Crippen LogP contribution in [0.4, 0.5) is 0 Å².